The van der Waals surface area contributed by atoms with E-state index in [4.69, 9.17) is 14.6 Å². The van der Waals surface area contributed by atoms with Crippen molar-refractivity contribution < 1.29 is 24.2 Å². The summed E-state index contributed by atoms with van der Waals surface area (Å²) in [6.45, 7) is 0.799. The molecule has 0 saturated carbocycles. The molecule has 0 unspecified atom stereocenters. The van der Waals surface area contributed by atoms with Crippen LogP contribution in [0, 0.1) is 0 Å². The number of nitrogens with one attached hydrogen (secondary N) is 1. The van der Waals surface area contributed by atoms with Gasteiger partial charge in [-0.05, 0) is 24.1 Å². The number of carboxylic acids is 1. The van der Waals surface area contributed by atoms with Gasteiger partial charge in [-0.25, -0.2) is 0 Å². The maximum Gasteiger partial charge on any atom is 0.303 e. The average molecular weight is 281 g/mol. The Balaban J connectivity index is 2.33. The zero-order valence-electron chi connectivity index (χ0n) is 11.4. The fourth-order valence-corrected chi connectivity index (χ4v) is 1.51. The smallest absolute Gasteiger partial charge is 0.303 e. The van der Waals surface area contributed by atoms with E-state index < -0.39 is 5.97 Å². The molecule has 20 heavy (non-hydrogen) atoms. The number of amides is 1. The molecule has 0 aliphatic carbocycles. The molecule has 1 aromatic rings. The molecule has 0 aromatic heterocycles. The summed E-state index contributed by atoms with van der Waals surface area (Å²) in [5, 5.41) is 11.3. The third kappa shape index (κ3) is 6.86. The number of rotatable bonds is 9. The van der Waals surface area contributed by atoms with Gasteiger partial charge in [0.2, 0.25) is 5.91 Å². The van der Waals surface area contributed by atoms with Gasteiger partial charge >= 0.3 is 5.97 Å². The number of methoxy groups -OCH3 is 1. The lowest BCUT2D eigenvalue weighted by atomic mass is 10.1. The molecule has 0 fully saturated rings. The molecule has 0 aliphatic rings. The number of carbonyl (C=O) groups is 2. The highest BCUT2D eigenvalue weighted by Crippen LogP contribution is 2.11. The first-order valence-electron chi connectivity index (χ1n) is 6.29. The van der Waals surface area contributed by atoms with E-state index in [1.54, 1.807) is 31.4 Å². The van der Waals surface area contributed by atoms with Gasteiger partial charge in [0.15, 0.2) is 0 Å². The van der Waals surface area contributed by atoms with E-state index in [1.165, 1.54) is 0 Å². The summed E-state index contributed by atoms with van der Waals surface area (Å²) in [5.41, 5.74) is 1.58. The van der Waals surface area contributed by atoms with Crippen molar-refractivity contribution in [2.75, 3.05) is 32.2 Å². The first-order valence-corrected chi connectivity index (χ1v) is 6.29. The number of hydrogen-bond donors (Lipinski definition) is 2. The quantitative estimate of drug-likeness (QED) is 0.667. The topological polar surface area (TPSA) is 84.9 Å². The molecule has 0 atom stereocenters. The van der Waals surface area contributed by atoms with Crippen molar-refractivity contribution in [3.8, 4) is 0 Å². The van der Waals surface area contributed by atoms with Crippen molar-refractivity contribution in [1.29, 1.82) is 0 Å². The van der Waals surface area contributed by atoms with Crippen LogP contribution in [0.2, 0.25) is 0 Å². The average Bonchev–Trinajstić information content (AvgIpc) is 2.43. The molecule has 0 saturated heterocycles. The predicted octanol–water partition coefficient (Wildman–Crippen LogP) is 1.31. The third-order valence-electron chi connectivity index (χ3n) is 2.53. The van der Waals surface area contributed by atoms with Crippen LogP contribution in [0.3, 0.4) is 0 Å². The summed E-state index contributed by atoms with van der Waals surface area (Å²) in [5.74, 6) is -1.06. The first-order chi connectivity index (χ1) is 9.61. The Hall–Kier alpha value is -1.92. The van der Waals surface area contributed by atoms with Crippen LogP contribution in [0.15, 0.2) is 24.3 Å². The van der Waals surface area contributed by atoms with Crippen LogP contribution in [0.4, 0.5) is 5.69 Å². The fourth-order valence-electron chi connectivity index (χ4n) is 1.51. The van der Waals surface area contributed by atoms with Gasteiger partial charge in [0, 0.05) is 19.2 Å². The molecule has 0 radical (unpaired) electrons. The number of anilines is 1. The highest BCUT2D eigenvalue weighted by molar-refractivity contribution is 5.91. The second-order valence-corrected chi connectivity index (χ2v) is 4.18. The SMILES string of the molecule is COCCOCC(=O)Nc1ccc(CCC(=O)O)cc1. The third-order valence-corrected chi connectivity index (χ3v) is 2.53. The highest BCUT2D eigenvalue weighted by Gasteiger charge is 2.03. The van der Waals surface area contributed by atoms with Gasteiger partial charge in [-0.2, -0.15) is 0 Å². The normalized spacial score (nSPS) is 10.2. The van der Waals surface area contributed by atoms with Crippen molar-refractivity contribution in [3.05, 3.63) is 29.8 Å². The van der Waals surface area contributed by atoms with Crippen LogP contribution < -0.4 is 5.32 Å². The van der Waals surface area contributed by atoms with Gasteiger partial charge in [-0.15, -0.1) is 0 Å². The Morgan fingerprint density at radius 2 is 1.90 bits per heavy atom. The van der Waals surface area contributed by atoms with E-state index in [1.807, 2.05) is 0 Å². The second-order valence-electron chi connectivity index (χ2n) is 4.18. The molecule has 0 heterocycles. The Labute approximate surface area is 117 Å². The van der Waals surface area contributed by atoms with Gasteiger partial charge in [0.1, 0.15) is 6.61 Å². The van der Waals surface area contributed by atoms with Gasteiger partial charge in [-0.3, -0.25) is 9.59 Å². The van der Waals surface area contributed by atoms with E-state index in [0.717, 1.165) is 5.56 Å². The molecule has 0 spiro atoms. The van der Waals surface area contributed by atoms with Gasteiger partial charge in [0.05, 0.1) is 13.2 Å². The van der Waals surface area contributed by atoms with Crippen LogP contribution >= 0.6 is 0 Å². The molecule has 6 heteroatoms. The Bertz CT molecular complexity index is 430. The van der Waals surface area contributed by atoms with Crippen molar-refractivity contribution in [1.82, 2.24) is 0 Å². The van der Waals surface area contributed by atoms with Gasteiger partial charge < -0.3 is 19.9 Å². The Kier molecular flexibility index (Phi) is 7.31. The number of aryl methyl sites for hydroxylation is 1. The number of hydrogen-bond acceptors (Lipinski definition) is 4. The zero-order chi connectivity index (χ0) is 14.8. The molecule has 110 valence electrons. The number of carbonyl (C=O) groups excluding carboxylic acids is 1. The number of ether oxygens (including phenoxy) is 2. The zero-order valence-corrected chi connectivity index (χ0v) is 11.4. The van der Waals surface area contributed by atoms with Gasteiger partial charge in [0.25, 0.3) is 0 Å². The van der Waals surface area contributed by atoms with Crippen molar-refractivity contribution in [2.24, 2.45) is 0 Å². The van der Waals surface area contributed by atoms with Gasteiger partial charge in [-0.1, -0.05) is 12.1 Å². The predicted molar refractivity (Wildman–Crippen MR) is 73.7 cm³/mol. The number of aliphatic carboxylic acids is 1. The van der Waals surface area contributed by atoms with Crippen LogP contribution in [0.5, 0.6) is 0 Å². The summed E-state index contributed by atoms with van der Waals surface area (Å²) in [4.78, 5) is 22.0. The first kappa shape index (κ1) is 16.1. The summed E-state index contributed by atoms with van der Waals surface area (Å²) in [6.07, 6.45) is 0.572. The summed E-state index contributed by atoms with van der Waals surface area (Å²) < 4.78 is 9.89. The van der Waals surface area contributed by atoms with E-state index >= 15 is 0 Å². The monoisotopic (exact) mass is 281 g/mol. The van der Waals surface area contributed by atoms with Crippen LogP contribution in [-0.4, -0.2) is 43.9 Å². The summed E-state index contributed by atoms with van der Waals surface area (Å²) >= 11 is 0. The standard InChI is InChI=1S/C14H19NO5/c1-19-8-9-20-10-13(16)15-12-5-2-11(3-6-12)4-7-14(17)18/h2-3,5-6H,4,7-10H2,1H3,(H,15,16)(H,17,18). The van der Waals surface area contributed by atoms with Crippen LogP contribution in [-0.2, 0) is 25.5 Å². The number of benzene rings is 1. The number of carboxylic acid groups (broad SMARTS) is 1. The van der Waals surface area contributed by atoms with E-state index in [0.29, 0.717) is 25.3 Å². The highest BCUT2D eigenvalue weighted by atomic mass is 16.5. The molecule has 2 N–H and O–H groups in total. The lowest BCUT2D eigenvalue weighted by Crippen LogP contribution is -2.19. The summed E-state index contributed by atoms with van der Waals surface area (Å²) in [7, 11) is 1.56. The van der Waals surface area contributed by atoms with E-state index in [-0.39, 0.29) is 18.9 Å². The lowest BCUT2D eigenvalue weighted by molar-refractivity contribution is -0.137. The molecule has 0 aliphatic heterocycles. The maximum absolute atomic E-state index is 11.5. The maximum atomic E-state index is 11.5. The molecule has 1 aromatic carbocycles. The Morgan fingerprint density at radius 1 is 1.20 bits per heavy atom. The van der Waals surface area contributed by atoms with Crippen LogP contribution in [0.1, 0.15) is 12.0 Å². The minimum Gasteiger partial charge on any atom is -0.481 e. The fraction of sp³-hybridized carbons (Fsp3) is 0.429. The van der Waals surface area contributed by atoms with E-state index in [9.17, 15) is 9.59 Å². The molecule has 1 rings (SSSR count). The molecule has 6 nitrogen and oxygen atoms in total. The van der Waals surface area contributed by atoms with Crippen LogP contribution in [0.25, 0.3) is 0 Å². The molecular weight excluding hydrogens is 262 g/mol. The van der Waals surface area contributed by atoms with E-state index in [2.05, 4.69) is 5.32 Å². The van der Waals surface area contributed by atoms with Crippen molar-refractivity contribution in [2.45, 2.75) is 12.8 Å². The molecule has 0 bridgehead atoms. The largest absolute Gasteiger partial charge is 0.481 e. The molecular formula is C14H19NO5. The van der Waals surface area contributed by atoms with Crippen molar-refractivity contribution >= 4 is 17.6 Å². The lowest BCUT2D eigenvalue weighted by Gasteiger charge is -2.07. The minimum absolute atomic E-state index is 0.0237. The summed E-state index contributed by atoms with van der Waals surface area (Å²) in [6, 6.07) is 7.07. The Morgan fingerprint density at radius 3 is 2.50 bits per heavy atom. The van der Waals surface area contributed by atoms with Crippen molar-refractivity contribution in [3.63, 3.8) is 0 Å². The minimum atomic E-state index is -0.824. The second kappa shape index (κ2) is 9.06. The molecule has 1 amide bonds.